The first-order chi connectivity index (χ1) is 10.0. The Morgan fingerprint density at radius 2 is 1.71 bits per heavy atom. The number of carboxylic acids is 1. The number of nitrogens with one attached hydrogen (secondary N) is 2. The number of amides is 1. The Morgan fingerprint density at radius 1 is 1.05 bits per heavy atom. The van der Waals surface area contributed by atoms with Crippen LogP contribution in [-0.2, 0) is 9.59 Å². The molecule has 2 atom stereocenters. The van der Waals surface area contributed by atoms with E-state index in [1.165, 1.54) is 12.8 Å². The van der Waals surface area contributed by atoms with Gasteiger partial charge in [0.1, 0.15) is 12.3 Å². The molecule has 1 amide bonds. The number of aliphatic carboxylic acids is 1. The molecule has 4 N–H and O–H groups in total. The molecule has 2 unspecified atom stereocenters. The summed E-state index contributed by atoms with van der Waals surface area (Å²) in [6.07, 6.45) is 5.83. The number of carbonyl (C=O) groups is 2. The first-order valence-corrected chi connectivity index (χ1v) is 7.94. The SMILES string of the molecule is CCCCCCCC(O)NC(CCNC(=O)CC)C(=O)O. The van der Waals surface area contributed by atoms with Crippen LogP contribution < -0.4 is 10.6 Å². The van der Waals surface area contributed by atoms with Gasteiger partial charge in [-0.2, -0.15) is 0 Å². The summed E-state index contributed by atoms with van der Waals surface area (Å²) in [6, 6.07) is -0.840. The Labute approximate surface area is 127 Å². The zero-order chi connectivity index (χ0) is 16.1. The van der Waals surface area contributed by atoms with Crippen LogP contribution in [0.3, 0.4) is 0 Å². The Hall–Kier alpha value is -1.14. The quantitative estimate of drug-likeness (QED) is 0.306. The smallest absolute Gasteiger partial charge is 0.320 e. The van der Waals surface area contributed by atoms with Crippen molar-refractivity contribution in [3.05, 3.63) is 0 Å². The fraction of sp³-hybridized carbons (Fsp3) is 0.867. The van der Waals surface area contributed by atoms with E-state index in [1.807, 2.05) is 0 Å². The van der Waals surface area contributed by atoms with Crippen LogP contribution >= 0.6 is 0 Å². The van der Waals surface area contributed by atoms with Crippen molar-refractivity contribution in [3.63, 3.8) is 0 Å². The van der Waals surface area contributed by atoms with Gasteiger partial charge in [0, 0.05) is 13.0 Å². The fourth-order valence-electron chi connectivity index (χ4n) is 2.02. The third-order valence-corrected chi connectivity index (χ3v) is 3.35. The fourth-order valence-corrected chi connectivity index (χ4v) is 2.02. The number of hydrogen-bond acceptors (Lipinski definition) is 4. The van der Waals surface area contributed by atoms with Crippen LogP contribution in [0.15, 0.2) is 0 Å². The van der Waals surface area contributed by atoms with Crippen molar-refractivity contribution in [1.82, 2.24) is 10.6 Å². The molecular formula is C15H30N2O4. The highest BCUT2D eigenvalue weighted by atomic mass is 16.4. The molecule has 0 heterocycles. The summed E-state index contributed by atoms with van der Waals surface area (Å²) in [4.78, 5) is 22.2. The Kier molecular flexibility index (Phi) is 11.9. The minimum Gasteiger partial charge on any atom is -0.480 e. The highest BCUT2D eigenvalue weighted by Gasteiger charge is 2.19. The van der Waals surface area contributed by atoms with Gasteiger partial charge in [-0.3, -0.25) is 14.9 Å². The second kappa shape index (κ2) is 12.6. The topological polar surface area (TPSA) is 98.7 Å². The van der Waals surface area contributed by atoms with Crippen molar-refractivity contribution >= 4 is 11.9 Å². The van der Waals surface area contributed by atoms with E-state index in [4.69, 9.17) is 5.11 Å². The second-order valence-electron chi connectivity index (χ2n) is 5.27. The summed E-state index contributed by atoms with van der Waals surface area (Å²) in [5.41, 5.74) is 0. The number of aliphatic hydroxyl groups excluding tert-OH is 1. The van der Waals surface area contributed by atoms with E-state index in [0.29, 0.717) is 19.4 Å². The molecule has 124 valence electrons. The Balaban J connectivity index is 3.90. The van der Waals surface area contributed by atoms with Crippen molar-refractivity contribution in [2.24, 2.45) is 0 Å². The van der Waals surface area contributed by atoms with E-state index in [2.05, 4.69) is 17.6 Å². The summed E-state index contributed by atoms with van der Waals surface area (Å²) >= 11 is 0. The summed E-state index contributed by atoms with van der Waals surface area (Å²) in [7, 11) is 0. The highest BCUT2D eigenvalue weighted by molar-refractivity contribution is 5.76. The van der Waals surface area contributed by atoms with Crippen LogP contribution in [0.5, 0.6) is 0 Å². The largest absolute Gasteiger partial charge is 0.480 e. The third-order valence-electron chi connectivity index (χ3n) is 3.35. The minimum atomic E-state index is -1.01. The highest BCUT2D eigenvalue weighted by Crippen LogP contribution is 2.07. The minimum absolute atomic E-state index is 0.101. The van der Waals surface area contributed by atoms with Gasteiger partial charge in [0.15, 0.2) is 0 Å². The molecule has 0 aromatic carbocycles. The number of hydrogen-bond donors (Lipinski definition) is 4. The van der Waals surface area contributed by atoms with E-state index in [-0.39, 0.29) is 12.3 Å². The molecule has 0 radical (unpaired) electrons. The molecule has 6 nitrogen and oxygen atoms in total. The van der Waals surface area contributed by atoms with Crippen LogP contribution in [0.2, 0.25) is 0 Å². The molecule has 0 saturated carbocycles. The lowest BCUT2D eigenvalue weighted by Gasteiger charge is -2.19. The predicted octanol–water partition coefficient (Wildman–Crippen LogP) is 1.62. The summed E-state index contributed by atoms with van der Waals surface area (Å²) in [5.74, 6) is -1.11. The second-order valence-corrected chi connectivity index (χ2v) is 5.27. The van der Waals surface area contributed by atoms with E-state index < -0.39 is 18.2 Å². The standard InChI is InChI=1S/C15H30N2O4/c1-3-5-6-7-8-9-14(19)17-12(15(20)21)10-11-16-13(18)4-2/h12,14,17,19H,3-11H2,1-2H3,(H,16,18)(H,20,21). The van der Waals surface area contributed by atoms with Crippen molar-refractivity contribution in [1.29, 1.82) is 0 Å². The lowest BCUT2D eigenvalue weighted by molar-refractivity contribution is -0.141. The van der Waals surface area contributed by atoms with Crippen LogP contribution in [0.25, 0.3) is 0 Å². The van der Waals surface area contributed by atoms with Gasteiger partial charge in [0.2, 0.25) is 5.91 Å². The molecule has 0 rings (SSSR count). The van der Waals surface area contributed by atoms with E-state index in [9.17, 15) is 14.7 Å². The zero-order valence-electron chi connectivity index (χ0n) is 13.2. The molecule has 6 heteroatoms. The zero-order valence-corrected chi connectivity index (χ0v) is 13.2. The molecule has 21 heavy (non-hydrogen) atoms. The summed E-state index contributed by atoms with van der Waals surface area (Å²) < 4.78 is 0. The van der Waals surface area contributed by atoms with E-state index in [0.717, 1.165) is 19.3 Å². The molecule has 0 aromatic rings. The van der Waals surface area contributed by atoms with Gasteiger partial charge >= 0.3 is 5.97 Å². The summed E-state index contributed by atoms with van der Waals surface area (Å²) in [5, 5.41) is 24.3. The van der Waals surface area contributed by atoms with Gasteiger partial charge in [-0.15, -0.1) is 0 Å². The molecular weight excluding hydrogens is 272 g/mol. The first kappa shape index (κ1) is 19.9. The molecule has 0 bridgehead atoms. The molecule has 0 aromatic heterocycles. The van der Waals surface area contributed by atoms with Crippen LogP contribution in [0.4, 0.5) is 0 Å². The normalized spacial score (nSPS) is 13.7. The van der Waals surface area contributed by atoms with Crippen LogP contribution in [0, 0.1) is 0 Å². The maximum atomic E-state index is 11.1. The van der Waals surface area contributed by atoms with Gasteiger partial charge in [0.25, 0.3) is 0 Å². The van der Waals surface area contributed by atoms with Crippen LogP contribution in [0.1, 0.15) is 65.2 Å². The van der Waals surface area contributed by atoms with Crippen molar-refractivity contribution in [2.75, 3.05) is 6.54 Å². The monoisotopic (exact) mass is 302 g/mol. The Morgan fingerprint density at radius 3 is 2.29 bits per heavy atom. The molecule has 0 aliphatic rings. The first-order valence-electron chi connectivity index (χ1n) is 7.94. The van der Waals surface area contributed by atoms with Crippen LogP contribution in [-0.4, -0.2) is 40.9 Å². The van der Waals surface area contributed by atoms with E-state index >= 15 is 0 Å². The van der Waals surface area contributed by atoms with Gasteiger partial charge < -0.3 is 15.5 Å². The number of unbranched alkanes of at least 4 members (excludes halogenated alkanes) is 4. The molecule has 0 spiro atoms. The number of carboxylic acid groups (broad SMARTS) is 1. The number of carbonyl (C=O) groups excluding carboxylic acids is 1. The third kappa shape index (κ3) is 11.2. The average molecular weight is 302 g/mol. The molecule has 0 saturated heterocycles. The van der Waals surface area contributed by atoms with Gasteiger partial charge in [0.05, 0.1) is 0 Å². The Bertz CT molecular complexity index is 297. The molecule has 0 aliphatic carbocycles. The lowest BCUT2D eigenvalue weighted by Crippen LogP contribution is -2.45. The predicted molar refractivity (Wildman–Crippen MR) is 81.9 cm³/mol. The maximum absolute atomic E-state index is 11.1. The van der Waals surface area contributed by atoms with Crippen molar-refractivity contribution < 1.29 is 19.8 Å². The van der Waals surface area contributed by atoms with Gasteiger partial charge in [-0.05, 0) is 19.3 Å². The van der Waals surface area contributed by atoms with E-state index in [1.54, 1.807) is 6.92 Å². The van der Waals surface area contributed by atoms with Crippen molar-refractivity contribution in [3.8, 4) is 0 Å². The average Bonchev–Trinajstić information content (AvgIpc) is 2.45. The van der Waals surface area contributed by atoms with Gasteiger partial charge in [-0.1, -0.05) is 39.5 Å². The molecule has 0 fully saturated rings. The maximum Gasteiger partial charge on any atom is 0.320 e. The van der Waals surface area contributed by atoms with Crippen molar-refractivity contribution in [2.45, 2.75) is 77.5 Å². The number of aliphatic hydroxyl groups is 1. The lowest BCUT2D eigenvalue weighted by atomic mass is 10.1. The molecule has 0 aliphatic heterocycles. The summed E-state index contributed by atoms with van der Waals surface area (Å²) in [6.45, 7) is 4.18. The van der Waals surface area contributed by atoms with Gasteiger partial charge in [-0.25, -0.2) is 0 Å². The number of rotatable bonds is 13.